The number of amides is 3. The summed E-state index contributed by atoms with van der Waals surface area (Å²) in [5.74, 6) is -0.299. The van der Waals surface area contributed by atoms with E-state index in [0.717, 1.165) is 16.2 Å². The van der Waals surface area contributed by atoms with Crippen LogP contribution in [0, 0.1) is 0 Å². The van der Waals surface area contributed by atoms with E-state index >= 15 is 0 Å². The molecule has 2 rings (SSSR count). The SMILES string of the molecule is C[C@@H]1CN(C(=O)O)[C@@H](C(=O)N2CCC2)CN1C(=O)O. The van der Waals surface area contributed by atoms with Crippen molar-refractivity contribution in [2.75, 3.05) is 26.2 Å². The zero-order valence-corrected chi connectivity index (χ0v) is 10.7. The lowest BCUT2D eigenvalue weighted by atomic mass is 10.1. The summed E-state index contributed by atoms with van der Waals surface area (Å²) in [7, 11) is 0. The van der Waals surface area contributed by atoms with Gasteiger partial charge in [-0.25, -0.2) is 9.59 Å². The summed E-state index contributed by atoms with van der Waals surface area (Å²) in [5, 5.41) is 18.2. The van der Waals surface area contributed by atoms with Crippen LogP contribution in [0.15, 0.2) is 0 Å². The minimum absolute atomic E-state index is 0.0197. The van der Waals surface area contributed by atoms with Gasteiger partial charge in [0.05, 0.1) is 12.6 Å². The topological polar surface area (TPSA) is 101 Å². The fraction of sp³-hybridized carbons (Fsp3) is 0.727. The van der Waals surface area contributed by atoms with Crippen molar-refractivity contribution in [1.29, 1.82) is 0 Å². The number of rotatable bonds is 1. The van der Waals surface area contributed by atoms with Crippen LogP contribution in [-0.2, 0) is 4.79 Å². The minimum Gasteiger partial charge on any atom is -0.465 e. The molecule has 19 heavy (non-hydrogen) atoms. The molecule has 2 atom stereocenters. The number of carboxylic acid groups (broad SMARTS) is 2. The molecular weight excluding hydrogens is 254 g/mol. The van der Waals surface area contributed by atoms with Crippen LogP contribution in [0.25, 0.3) is 0 Å². The molecule has 106 valence electrons. The first-order valence-corrected chi connectivity index (χ1v) is 6.19. The molecule has 3 amide bonds. The Labute approximate surface area is 110 Å². The van der Waals surface area contributed by atoms with Crippen LogP contribution in [0.1, 0.15) is 13.3 Å². The second-order valence-electron chi connectivity index (χ2n) is 4.91. The maximum Gasteiger partial charge on any atom is 0.408 e. The predicted molar refractivity (Wildman–Crippen MR) is 63.9 cm³/mol. The Kier molecular flexibility index (Phi) is 3.50. The van der Waals surface area contributed by atoms with E-state index in [0.29, 0.717) is 13.1 Å². The highest BCUT2D eigenvalue weighted by Crippen LogP contribution is 2.20. The van der Waals surface area contributed by atoms with Gasteiger partial charge in [0.1, 0.15) is 6.04 Å². The van der Waals surface area contributed by atoms with Crippen molar-refractivity contribution in [2.24, 2.45) is 0 Å². The van der Waals surface area contributed by atoms with Crippen LogP contribution in [0.2, 0.25) is 0 Å². The maximum atomic E-state index is 12.2. The van der Waals surface area contributed by atoms with Crippen LogP contribution < -0.4 is 0 Å². The fourth-order valence-corrected chi connectivity index (χ4v) is 2.41. The summed E-state index contributed by atoms with van der Waals surface area (Å²) in [4.78, 5) is 38.2. The second kappa shape index (κ2) is 4.94. The Bertz CT molecular complexity index is 409. The maximum absolute atomic E-state index is 12.2. The first-order chi connectivity index (χ1) is 8.91. The van der Waals surface area contributed by atoms with Crippen LogP contribution in [0.4, 0.5) is 9.59 Å². The molecule has 0 spiro atoms. The quantitative estimate of drug-likeness (QED) is 0.696. The molecule has 2 N–H and O–H groups in total. The molecule has 0 radical (unpaired) electrons. The Morgan fingerprint density at radius 3 is 2.00 bits per heavy atom. The number of piperazine rings is 1. The van der Waals surface area contributed by atoms with Crippen molar-refractivity contribution in [2.45, 2.75) is 25.4 Å². The van der Waals surface area contributed by atoms with E-state index in [2.05, 4.69) is 0 Å². The van der Waals surface area contributed by atoms with Gasteiger partial charge in [0, 0.05) is 19.6 Å². The van der Waals surface area contributed by atoms with Gasteiger partial charge in [-0.1, -0.05) is 0 Å². The third kappa shape index (κ3) is 2.42. The molecule has 0 aromatic heterocycles. The Morgan fingerprint density at radius 1 is 1.00 bits per heavy atom. The van der Waals surface area contributed by atoms with E-state index < -0.39 is 24.3 Å². The fourth-order valence-electron chi connectivity index (χ4n) is 2.41. The Hall–Kier alpha value is -1.99. The third-order valence-electron chi connectivity index (χ3n) is 3.68. The molecule has 2 saturated heterocycles. The first kappa shape index (κ1) is 13.4. The average Bonchev–Trinajstić information content (AvgIpc) is 2.25. The summed E-state index contributed by atoms with van der Waals surface area (Å²) in [6.45, 7) is 2.79. The van der Waals surface area contributed by atoms with Gasteiger partial charge >= 0.3 is 12.2 Å². The largest absolute Gasteiger partial charge is 0.465 e. The summed E-state index contributed by atoms with van der Waals surface area (Å²) < 4.78 is 0. The summed E-state index contributed by atoms with van der Waals surface area (Å²) in [6, 6.07) is -1.38. The van der Waals surface area contributed by atoms with Gasteiger partial charge in [0.25, 0.3) is 0 Å². The molecule has 0 unspecified atom stereocenters. The van der Waals surface area contributed by atoms with Gasteiger partial charge in [-0.2, -0.15) is 0 Å². The molecule has 0 saturated carbocycles. The lowest BCUT2D eigenvalue weighted by Gasteiger charge is -2.44. The Morgan fingerprint density at radius 2 is 1.58 bits per heavy atom. The smallest absolute Gasteiger partial charge is 0.408 e. The highest BCUT2D eigenvalue weighted by Gasteiger charge is 2.42. The molecule has 0 bridgehead atoms. The van der Waals surface area contributed by atoms with E-state index in [1.54, 1.807) is 11.8 Å². The van der Waals surface area contributed by atoms with Crippen LogP contribution >= 0.6 is 0 Å². The van der Waals surface area contributed by atoms with Gasteiger partial charge in [0.2, 0.25) is 5.91 Å². The molecule has 2 heterocycles. The number of likely N-dealkylation sites (tertiary alicyclic amines) is 1. The van der Waals surface area contributed by atoms with Crippen molar-refractivity contribution in [3.05, 3.63) is 0 Å². The van der Waals surface area contributed by atoms with E-state index in [1.165, 1.54) is 0 Å². The van der Waals surface area contributed by atoms with E-state index in [4.69, 9.17) is 10.2 Å². The normalized spacial score (nSPS) is 26.9. The molecule has 2 fully saturated rings. The van der Waals surface area contributed by atoms with Gasteiger partial charge in [-0.3, -0.25) is 9.69 Å². The monoisotopic (exact) mass is 271 g/mol. The number of hydrogen-bond acceptors (Lipinski definition) is 3. The van der Waals surface area contributed by atoms with E-state index in [1.807, 2.05) is 0 Å². The van der Waals surface area contributed by atoms with Crippen molar-refractivity contribution < 1.29 is 24.6 Å². The Balaban J connectivity index is 2.17. The number of carbonyl (C=O) groups excluding carboxylic acids is 1. The molecule has 2 aliphatic heterocycles. The molecule has 8 nitrogen and oxygen atoms in total. The third-order valence-corrected chi connectivity index (χ3v) is 3.68. The molecule has 2 aliphatic rings. The van der Waals surface area contributed by atoms with Crippen molar-refractivity contribution in [3.63, 3.8) is 0 Å². The molecule has 0 aliphatic carbocycles. The van der Waals surface area contributed by atoms with Gasteiger partial charge in [-0.15, -0.1) is 0 Å². The predicted octanol–water partition coefficient (Wildman–Crippen LogP) is -0.0506. The second-order valence-corrected chi connectivity index (χ2v) is 4.91. The lowest BCUT2D eigenvalue weighted by molar-refractivity contribution is -0.142. The first-order valence-electron chi connectivity index (χ1n) is 6.19. The summed E-state index contributed by atoms with van der Waals surface area (Å²) in [6.07, 6.45) is -1.40. The van der Waals surface area contributed by atoms with Crippen LogP contribution in [0.5, 0.6) is 0 Å². The minimum atomic E-state index is -1.18. The van der Waals surface area contributed by atoms with Crippen molar-refractivity contribution >= 4 is 18.1 Å². The van der Waals surface area contributed by atoms with E-state index in [9.17, 15) is 14.4 Å². The highest BCUT2D eigenvalue weighted by atomic mass is 16.4. The zero-order chi connectivity index (χ0) is 14.2. The van der Waals surface area contributed by atoms with Gasteiger partial charge in [-0.05, 0) is 13.3 Å². The van der Waals surface area contributed by atoms with Gasteiger partial charge in [0.15, 0.2) is 0 Å². The number of carbonyl (C=O) groups is 3. The molecule has 0 aromatic rings. The van der Waals surface area contributed by atoms with Crippen LogP contribution in [-0.4, -0.2) is 81.3 Å². The number of hydrogen-bond donors (Lipinski definition) is 2. The summed E-state index contributed by atoms with van der Waals surface area (Å²) in [5.41, 5.74) is 0. The summed E-state index contributed by atoms with van der Waals surface area (Å²) >= 11 is 0. The lowest BCUT2D eigenvalue weighted by Crippen LogP contribution is -2.65. The van der Waals surface area contributed by atoms with Crippen molar-refractivity contribution in [1.82, 2.24) is 14.7 Å². The van der Waals surface area contributed by atoms with Crippen molar-refractivity contribution in [3.8, 4) is 0 Å². The highest BCUT2D eigenvalue weighted by molar-refractivity contribution is 5.87. The molecule has 8 heteroatoms. The van der Waals surface area contributed by atoms with Crippen LogP contribution in [0.3, 0.4) is 0 Å². The van der Waals surface area contributed by atoms with Gasteiger partial charge < -0.3 is 20.0 Å². The zero-order valence-electron chi connectivity index (χ0n) is 10.7. The standard InChI is InChI=1S/C11H17N3O5/c1-7-5-14(11(18)19)8(6-13(7)10(16)17)9(15)12-3-2-4-12/h7-8H,2-6H2,1H3,(H,16,17)(H,18,19)/t7-,8-/m1/s1. The molecular formula is C11H17N3O5. The molecule has 0 aromatic carbocycles. The number of nitrogens with zero attached hydrogens (tertiary/aromatic N) is 3. The average molecular weight is 271 g/mol. The van der Waals surface area contributed by atoms with E-state index in [-0.39, 0.29) is 19.0 Å².